The van der Waals surface area contributed by atoms with Crippen LogP contribution < -0.4 is 15.8 Å². The SMILES string of the molecule is CNC(=O)c1cccc(N(C)Cc2nc3c(cnn3C)c(=O)[nH]2)c1. The van der Waals surface area contributed by atoms with Crippen molar-refractivity contribution in [2.24, 2.45) is 7.05 Å². The number of anilines is 1. The summed E-state index contributed by atoms with van der Waals surface area (Å²) in [5.41, 5.74) is 1.76. The topological polar surface area (TPSA) is 95.9 Å². The standard InChI is InChI=1S/C16H18N6O2/c1-17-15(23)10-5-4-6-11(7-10)21(2)9-13-19-14-12(16(24)20-13)8-18-22(14)3/h4-8H,9H2,1-3H3,(H,17,23)(H,19,20,24). The number of aromatic amines is 1. The molecule has 1 amide bonds. The quantitative estimate of drug-likeness (QED) is 0.734. The van der Waals surface area contributed by atoms with Crippen LogP contribution in [0.25, 0.3) is 11.0 Å². The molecule has 24 heavy (non-hydrogen) atoms. The second-order valence-electron chi connectivity index (χ2n) is 5.50. The molecule has 0 unspecified atom stereocenters. The Labute approximate surface area is 138 Å². The first-order valence-electron chi connectivity index (χ1n) is 7.44. The summed E-state index contributed by atoms with van der Waals surface area (Å²) in [5, 5.41) is 7.12. The summed E-state index contributed by atoms with van der Waals surface area (Å²) in [7, 11) is 5.21. The normalized spacial score (nSPS) is 10.8. The van der Waals surface area contributed by atoms with Crippen molar-refractivity contribution < 1.29 is 4.79 Å². The van der Waals surface area contributed by atoms with Crippen LogP contribution in [0.3, 0.4) is 0 Å². The maximum Gasteiger partial charge on any atom is 0.262 e. The predicted molar refractivity (Wildman–Crippen MR) is 91.1 cm³/mol. The second kappa shape index (κ2) is 6.15. The van der Waals surface area contributed by atoms with Crippen molar-refractivity contribution in [2.45, 2.75) is 6.54 Å². The third-order valence-corrected chi connectivity index (χ3v) is 3.81. The van der Waals surface area contributed by atoms with Crippen molar-refractivity contribution in [3.8, 4) is 0 Å². The van der Waals surface area contributed by atoms with E-state index in [1.807, 2.05) is 24.1 Å². The molecule has 0 saturated heterocycles. The molecule has 0 spiro atoms. The Morgan fingerprint density at radius 2 is 2.21 bits per heavy atom. The summed E-state index contributed by atoms with van der Waals surface area (Å²) in [6.45, 7) is 0.396. The lowest BCUT2D eigenvalue weighted by molar-refractivity contribution is 0.0963. The molecule has 124 valence electrons. The number of H-pyrrole nitrogens is 1. The number of nitrogens with one attached hydrogen (secondary N) is 2. The minimum absolute atomic E-state index is 0.145. The van der Waals surface area contributed by atoms with E-state index in [-0.39, 0.29) is 11.5 Å². The van der Waals surface area contributed by atoms with Gasteiger partial charge in [-0.05, 0) is 18.2 Å². The molecular weight excluding hydrogens is 308 g/mol. The molecule has 8 nitrogen and oxygen atoms in total. The fourth-order valence-corrected chi connectivity index (χ4v) is 2.50. The zero-order chi connectivity index (χ0) is 17.3. The molecule has 0 aliphatic rings. The third-order valence-electron chi connectivity index (χ3n) is 3.81. The number of aryl methyl sites for hydroxylation is 1. The number of hydrogen-bond donors (Lipinski definition) is 2. The molecule has 0 aliphatic carbocycles. The molecule has 0 aliphatic heterocycles. The Bertz CT molecular complexity index is 959. The summed E-state index contributed by atoms with van der Waals surface area (Å²) >= 11 is 0. The van der Waals surface area contributed by atoms with Crippen LogP contribution in [0, 0.1) is 0 Å². The van der Waals surface area contributed by atoms with Crippen LogP contribution in [0.2, 0.25) is 0 Å². The highest BCUT2D eigenvalue weighted by molar-refractivity contribution is 5.94. The van der Waals surface area contributed by atoms with Gasteiger partial charge >= 0.3 is 0 Å². The van der Waals surface area contributed by atoms with E-state index in [4.69, 9.17) is 0 Å². The number of fused-ring (bicyclic) bond motifs is 1. The van der Waals surface area contributed by atoms with Gasteiger partial charge in [0.1, 0.15) is 11.2 Å². The fourth-order valence-electron chi connectivity index (χ4n) is 2.50. The van der Waals surface area contributed by atoms with E-state index < -0.39 is 0 Å². The fraction of sp³-hybridized carbons (Fsp3) is 0.250. The first-order valence-corrected chi connectivity index (χ1v) is 7.44. The highest BCUT2D eigenvalue weighted by Gasteiger charge is 2.11. The minimum Gasteiger partial charge on any atom is -0.367 e. The van der Waals surface area contributed by atoms with Crippen molar-refractivity contribution in [3.05, 3.63) is 52.2 Å². The number of carbonyl (C=O) groups is 1. The minimum atomic E-state index is -0.212. The number of carbonyl (C=O) groups excluding carboxylic acids is 1. The summed E-state index contributed by atoms with van der Waals surface area (Å²) in [6, 6.07) is 7.25. The van der Waals surface area contributed by atoms with Crippen molar-refractivity contribution in [3.63, 3.8) is 0 Å². The summed E-state index contributed by atoms with van der Waals surface area (Å²) < 4.78 is 1.57. The first-order chi connectivity index (χ1) is 11.5. The first kappa shape index (κ1) is 15.7. The lowest BCUT2D eigenvalue weighted by Crippen LogP contribution is -2.23. The van der Waals surface area contributed by atoms with Gasteiger partial charge in [0.2, 0.25) is 0 Å². The molecule has 0 atom stereocenters. The molecule has 2 N–H and O–H groups in total. The highest BCUT2D eigenvalue weighted by atomic mass is 16.1. The van der Waals surface area contributed by atoms with Gasteiger partial charge in [-0.2, -0.15) is 5.10 Å². The van der Waals surface area contributed by atoms with E-state index in [0.717, 1.165) is 5.69 Å². The van der Waals surface area contributed by atoms with Crippen LogP contribution >= 0.6 is 0 Å². The summed E-state index contributed by atoms with van der Waals surface area (Å²) in [5.74, 6) is 0.386. The zero-order valence-electron chi connectivity index (χ0n) is 13.7. The van der Waals surface area contributed by atoms with Crippen LogP contribution in [0.4, 0.5) is 5.69 Å². The molecular formula is C16H18N6O2. The number of rotatable bonds is 4. The summed E-state index contributed by atoms with van der Waals surface area (Å²) in [6.07, 6.45) is 1.50. The van der Waals surface area contributed by atoms with Gasteiger partial charge in [0.05, 0.1) is 12.7 Å². The van der Waals surface area contributed by atoms with Gasteiger partial charge in [0.25, 0.3) is 11.5 Å². The van der Waals surface area contributed by atoms with Crippen LogP contribution in [-0.4, -0.2) is 39.8 Å². The Balaban J connectivity index is 1.90. The van der Waals surface area contributed by atoms with Gasteiger partial charge in [0, 0.05) is 32.4 Å². The third kappa shape index (κ3) is 2.85. The average molecular weight is 326 g/mol. The van der Waals surface area contributed by atoms with E-state index in [1.165, 1.54) is 6.20 Å². The molecule has 0 bridgehead atoms. The van der Waals surface area contributed by atoms with Crippen molar-refractivity contribution in [1.82, 2.24) is 25.1 Å². The maximum atomic E-state index is 12.1. The van der Waals surface area contributed by atoms with E-state index in [0.29, 0.717) is 29.0 Å². The van der Waals surface area contributed by atoms with Gasteiger partial charge in [-0.1, -0.05) is 6.07 Å². The summed E-state index contributed by atoms with van der Waals surface area (Å²) in [4.78, 5) is 33.0. The second-order valence-corrected chi connectivity index (χ2v) is 5.50. The van der Waals surface area contributed by atoms with Gasteiger partial charge < -0.3 is 15.2 Å². The van der Waals surface area contributed by atoms with Crippen LogP contribution in [0.1, 0.15) is 16.2 Å². The molecule has 0 radical (unpaired) electrons. The lowest BCUT2D eigenvalue weighted by atomic mass is 10.2. The molecule has 3 rings (SSSR count). The van der Waals surface area contributed by atoms with E-state index in [9.17, 15) is 9.59 Å². The average Bonchev–Trinajstić information content (AvgIpc) is 2.96. The van der Waals surface area contributed by atoms with Crippen LogP contribution in [-0.2, 0) is 13.6 Å². The van der Waals surface area contributed by atoms with Gasteiger partial charge in [-0.15, -0.1) is 0 Å². The van der Waals surface area contributed by atoms with Crippen LogP contribution in [0.15, 0.2) is 35.3 Å². The number of benzene rings is 1. The van der Waals surface area contributed by atoms with E-state index in [1.54, 1.807) is 30.9 Å². The van der Waals surface area contributed by atoms with Crippen molar-refractivity contribution in [1.29, 1.82) is 0 Å². The zero-order valence-corrected chi connectivity index (χ0v) is 13.7. The largest absolute Gasteiger partial charge is 0.367 e. The molecule has 2 aromatic heterocycles. The lowest BCUT2D eigenvalue weighted by Gasteiger charge is -2.19. The van der Waals surface area contributed by atoms with Crippen molar-refractivity contribution >= 4 is 22.6 Å². The molecule has 8 heteroatoms. The smallest absolute Gasteiger partial charge is 0.262 e. The molecule has 0 saturated carbocycles. The number of nitrogens with zero attached hydrogens (tertiary/aromatic N) is 4. The number of amides is 1. The number of aromatic nitrogens is 4. The van der Waals surface area contributed by atoms with Gasteiger partial charge in [-0.25, -0.2) is 4.98 Å². The number of hydrogen-bond acceptors (Lipinski definition) is 5. The maximum absolute atomic E-state index is 12.1. The highest BCUT2D eigenvalue weighted by Crippen LogP contribution is 2.16. The molecule has 1 aromatic carbocycles. The van der Waals surface area contributed by atoms with Gasteiger partial charge in [0.15, 0.2) is 5.65 Å². The Hall–Kier alpha value is -3.16. The molecule has 3 aromatic rings. The van der Waals surface area contributed by atoms with E-state index >= 15 is 0 Å². The monoisotopic (exact) mass is 326 g/mol. The van der Waals surface area contributed by atoms with Gasteiger partial charge in [-0.3, -0.25) is 14.3 Å². The predicted octanol–water partition coefficient (Wildman–Crippen LogP) is 0.653. The molecule has 2 heterocycles. The Morgan fingerprint density at radius 3 is 2.96 bits per heavy atom. The van der Waals surface area contributed by atoms with E-state index in [2.05, 4.69) is 20.4 Å². The Kier molecular flexibility index (Phi) is 4.03. The van der Waals surface area contributed by atoms with Crippen LogP contribution in [0.5, 0.6) is 0 Å². The Morgan fingerprint density at radius 1 is 1.42 bits per heavy atom. The molecule has 0 fully saturated rings. The van der Waals surface area contributed by atoms with Crippen molar-refractivity contribution in [2.75, 3.05) is 19.0 Å².